The highest BCUT2D eigenvalue weighted by atomic mass is 16.5. The van der Waals surface area contributed by atoms with Crippen LogP contribution in [0.5, 0.6) is 0 Å². The molecule has 3 rings (SSSR count). The summed E-state index contributed by atoms with van der Waals surface area (Å²) in [5.74, 6) is -0.447. The number of carbonyl (C=O) groups is 2. The van der Waals surface area contributed by atoms with Crippen LogP contribution in [0, 0.1) is 5.92 Å². The fourth-order valence-corrected chi connectivity index (χ4v) is 3.47. The van der Waals surface area contributed by atoms with E-state index < -0.39 is 6.04 Å². The number of carbonyl (C=O) groups excluding carboxylic acids is 2. The molecule has 0 aliphatic rings. The van der Waals surface area contributed by atoms with Crippen LogP contribution in [0.2, 0.25) is 0 Å². The molecule has 0 fully saturated rings. The standard InChI is InChI=1S/C26H30N2O3/c1-4-31-17-20-8-7-11-23(15-20)27-26(30)25(18(2)3)28-24(29)16-19-12-13-21-9-5-6-10-22(21)14-19/h5-15,18,25H,4,16-17H2,1-3H3,(H,27,30)(H,28,29). The van der Waals surface area contributed by atoms with E-state index in [4.69, 9.17) is 4.74 Å². The Morgan fingerprint density at radius 3 is 2.42 bits per heavy atom. The number of hydrogen-bond donors (Lipinski definition) is 2. The number of fused-ring (bicyclic) bond motifs is 1. The monoisotopic (exact) mass is 418 g/mol. The molecule has 0 aliphatic heterocycles. The smallest absolute Gasteiger partial charge is 0.247 e. The van der Waals surface area contributed by atoms with Crippen molar-refractivity contribution in [1.29, 1.82) is 0 Å². The molecule has 1 atom stereocenters. The quantitative estimate of drug-likeness (QED) is 0.529. The number of hydrogen-bond acceptors (Lipinski definition) is 3. The van der Waals surface area contributed by atoms with E-state index in [-0.39, 0.29) is 24.2 Å². The fourth-order valence-electron chi connectivity index (χ4n) is 3.47. The minimum absolute atomic E-state index is 0.0489. The summed E-state index contributed by atoms with van der Waals surface area (Å²) < 4.78 is 5.43. The van der Waals surface area contributed by atoms with Gasteiger partial charge >= 0.3 is 0 Å². The van der Waals surface area contributed by atoms with Gasteiger partial charge < -0.3 is 15.4 Å². The van der Waals surface area contributed by atoms with E-state index in [9.17, 15) is 9.59 Å². The molecule has 0 saturated heterocycles. The van der Waals surface area contributed by atoms with E-state index >= 15 is 0 Å². The Morgan fingerprint density at radius 2 is 1.68 bits per heavy atom. The van der Waals surface area contributed by atoms with Crippen molar-refractivity contribution in [1.82, 2.24) is 5.32 Å². The molecule has 0 aromatic heterocycles. The van der Waals surface area contributed by atoms with Crippen LogP contribution in [0.4, 0.5) is 5.69 Å². The first kappa shape index (κ1) is 22.5. The van der Waals surface area contributed by atoms with Gasteiger partial charge in [-0.3, -0.25) is 9.59 Å². The van der Waals surface area contributed by atoms with E-state index in [1.54, 1.807) is 0 Å². The minimum Gasteiger partial charge on any atom is -0.377 e. The Bertz CT molecular complexity index is 1050. The Balaban J connectivity index is 1.64. The van der Waals surface area contributed by atoms with Crippen molar-refractivity contribution in [2.45, 2.75) is 39.8 Å². The Hall–Kier alpha value is -3.18. The van der Waals surface area contributed by atoms with Crippen LogP contribution in [-0.4, -0.2) is 24.5 Å². The minimum atomic E-state index is -0.622. The second kappa shape index (κ2) is 10.7. The highest BCUT2D eigenvalue weighted by molar-refractivity contribution is 5.97. The average molecular weight is 419 g/mol. The largest absolute Gasteiger partial charge is 0.377 e. The molecule has 5 heteroatoms. The molecule has 0 spiro atoms. The molecule has 31 heavy (non-hydrogen) atoms. The summed E-state index contributed by atoms with van der Waals surface area (Å²) in [6.45, 7) is 6.92. The normalized spacial score (nSPS) is 12.0. The lowest BCUT2D eigenvalue weighted by atomic mass is 10.0. The molecule has 1 unspecified atom stereocenters. The molecule has 3 aromatic carbocycles. The maximum Gasteiger partial charge on any atom is 0.247 e. The van der Waals surface area contributed by atoms with Crippen molar-refractivity contribution in [2.75, 3.05) is 11.9 Å². The molecule has 3 aromatic rings. The van der Waals surface area contributed by atoms with Crippen molar-refractivity contribution < 1.29 is 14.3 Å². The maximum absolute atomic E-state index is 12.9. The second-order valence-electron chi connectivity index (χ2n) is 7.97. The van der Waals surface area contributed by atoms with Gasteiger partial charge in [0.1, 0.15) is 6.04 Å². The average Bonchev–Trinajstić information content (AvgIpc) is 2.76. The molecule has 0 radical (unpaired) electrons. The van der Waals surface area contributed by atoms with Gasteiger partial charge in [-0.15, -0.1) is 0 Å². The maximum atomic E-state index is 12.9. The third kappa shape index (κ3) is 6.40. The van der Waals surface area contributed by atoms with Crippen molar-refractivity contribution in [2.24, 2.45) is 5.92 Å². The molecule has 0 heterocycles. The van der Waals surface area contributed by atoms with Crippen LogP contribution in [0.25, 0.3) is 10.8 Å². The van der Waals surface area contributed by atoms with E-state index in [0.717, 1.165) is 21.9 Å². The van der Waals surface area contributed by atoms with Gasteiger partial charge in [-0.05, 0) is 46.9 Å². The van der Waals surface area contributed by atoms with Crippen LogP contribution >= 0.6 is 0 Å². The second-order valence-corrected chi connectivity index (χ2v) is 7.97. The molecular weight excluding hydrogens is 388 g/mol. The van der Waals surface area contributed by atoms with Gasteiger partial charge in [0, 0.05) is 12.3 Å². The Kier molecular flexibility index (Phi) is 7.79. The number of benzene rings is 3. The molecule has 0 saturated carbocycles. The van der Waals surface area contributed by atoms with Crippen molar-refractivity contribution >= 4 is 28.3 Å². The third-order valence-electron chi connectivity index (χ3n) is 5.11. The van der Waals surface area contributed by atoms with E-state index in [1.807, 2.05) is 87.5 Å². The Labute approximate surface area is 183 Å². The van der Waals surface area contributed by atoms with Crippen LogP contribution in [0.3, 0.4) is 0 Å². The predicted octanol–water partition coefficient (Wildman–Crippen LogP) is 4.70. The fraction of sp³-hybridized carbons (Fsp3) is 0.308. The molecule has 162 valence electrons. The molecule has 5 nitrogen and oxygen atoms in total. The molecule has 0 bridgehead atoms. The van der Waals surface area contributed by atoms with Crippen LogP contribution < -0.4 is 10.6 Å². The third-order valence-corrected chi connectivity index (χ3v) is 5.11. The van der Waals surface area contributed by atoms with Crippen molar-refractivity contribution in [3.8, 4) is 0 Å². The topological polar surface area (TPSA) is 67.4 Å². The number of amides is 2. The number of nitrogens with one attached hydrogen (secondary N) is 2. The van der Waals surface area contributed by atoms with Gasteiger partial charge in [0.25, 0.3) is 0 Å². The lowest BCUT2D eigenvalue weighted by molar-refractivity contribution is -0.127. The lowest BCUT2D eigenvalue weighted by Gasteiger charge is -2.22. The van der Waals surface area contributed by atoms with E-state index in [2.05, 4.69) is 10.6 Å². The van der Waals surface area contributed by atoms with Gasteiger partial charge in [0.05, 0.1) is 13.0 Å². The van der Waals surface area contributed by atoms with Gasteiger partial charge in [-0.2, -0.15) is 0 Å². The molecule has 2 amide bonds. The van der Waals surface area contributed by atoms with Gasteiger partial charge in [0.15, 0.2) is 0 Å². The zero-order chi connectivity index (χ0) is 22.2. The SMILES string of the molecule is CCOCc1cccc(NC(=O)C(NC(=O)Cc2ccc3ccccc3c2)C(C)C)c1. The summed E-state index contributed by atoms with van der Waals surface area (Å²) in [4.78, 5) is 25.6. The summed E-state index contributed by atoms with van der Waals surface area (Å²) >= 11 is 0. The first-order chi connectivity index (χ1) is 15.0. The zero-order valence-corrected chi connectivity index (χ0v) is 18.4. The Morgan fingerprint density at radius 1 is 0.903 bits per heavy atom. The summed E-state index contributed by atoms with van der Waals surface area (Å²) in [6.07, 6.45) is 0.227. The van der Waals surface area contributed by atoms with Crippen LogP contribution in [0.15, 0.2) is 66.7 Å². The van der Waals surface area contributed by atoms with E-state index in [0.29, 0.717) is 18.9 Å². The first-order valence-electron chi connectivity index (χ1n) is 10.7. The van der Waals surface area contributed by atoms with Gasteiger partial charge in [-0.25, -0.2) is 0 Å². The predicted molar refractivity (Wildman–Crippen MR) is 125 cm³/mol. The van der Waals surface area contributed by atoms with Gasteiger partial charge in [-0.1, -0.05) is 68.4 Å². The first-order valence-corrected chi connectivity index (χ1v) is 10.7. The van der Waals surface area contributed by atoms with Crippen molar-refractivity contribution in [3.05, 3.63) is 77.9 Å². The van der Waals surface area contributed by atoms with Gasteiger partial charge in [0.2, 0.25) is 11.8 Å². The van der Waals surface area contributed by atoms with Crippen LogP contribution in [0.1, 0.15) is 31.9 Å². The summed E-state index contributed by atoms with van der Waals surface area (Å²) in [7, 11) is 0. The summed E-state index contributed by atoms with van der Waals surface area (Å²) in [5, 5.41) is 8.06. The summed E-state index contributed by atoms with van der Waals surface area (Å²) in [6, 6.07) is 21.0. The highest BCUT2D eigenvalue weighted by Gasteiger charge is 2.24. The number of ether oxygens (including phenoxy) is 1. The highest BCUT2D eigenvalue weighted by Crippen LogP contribution is 2.17. The number of anilines is 1. The molecule has 0 aliphatic carbocycles. The van der Waals surface area contributed by atoms with Crippen molar-refractivity contribution in [3.63, 3.8) is 0 Å². The zero-order valence-electron chi connectivity index (χ0n) is 18.4. The summed E-state index contributed by atoms with van der Waals surface area (Å²) in [5.41, 5.74) is 2.60. The lowest BCUT2D eigenvalue weighted by Crippen LogP contribution is -2.47. The van der Waals surface area contributed by atoms with E-state index in [1.165, 1.54) is 0 Å². The number of rotatable bonds is 9. The van der Waals surface area contributed by atoms with Crippen LogP contribution in [-0.2, 0) is 27.4 Å². The molecular formula is C26H30N2O3. The molecule has 2 N–H and O–H groups in total.